The molecule has 0 amide bonds. The van der Waals surface area contributed by atoms with E-state index in [9.17, 15) is 22.5 Å². The molecule has 30 heavy (non-hydrogen) atoms. The monoisotopic (exact) mass is 413 g/mol. The van der Waals surface area contributed by atoms with Gasteiger partial charge in [-0.25, -0.2) is 0 Å². The number of hydrogen-bond acceptors (Lipinski definition) is 1. The summed E-state index contributed by atoms with van der Waals surface area (Å²) in [7, 11) is -6.00. The number of nitriles is 1. The highest BCUT2D eigenvalue weighted by molar-refractivity contribution is 6.50. The predicted molar refractivity (Wildman–Crippen MR) is 114 cm³/mol. The third-order valence-corrected chi connectivity index (χ3v) is 4.76. The SMILES string of the molecule is Cc1cc(C)c2c(c1)c1cc(C)cc(C)c1[o+]2-c1ccccc1C#N.F[B-](F)(F)F. The van der Waals surface area contributed by atoms with Crippen LogP contribution in [0.4, 0.5) is 17.3 Å². The molecule has 0 atom stereocenters. The Bertz CT molecular complexity index is 1230. The first kappa shape index (κ1) is 21.4. The molecule has 2 nitrogen and oxygen atoms in total. The highest BCUT2D eigenvalue weighted by atomic mass is 19.5. The van der Waals surface area contributed by atoms with E-state index in [1.807, 2.05) is 24.3 Å². The van der Waals surface area contributed by atoms with Crippen molar-refractivity contribution in [3.63, 3.8) is 0 Å². The lowest BCUT2D eigenvalue weighted by molar-refractivity contribution is 0.368. The minimum absolute atomic E-state index is 0.659. The van der Waals surface area contributed by atoms with Gasteiger partial charge in [0, 0.05) is 17.2 Å². The number of aryl methyl sites for hydroxylation is 4. The van der Waals surface area contributed by atoms with Crippen molar-refractivity contribution in [2.24, 2.45) is 0 Å². The van der Waals surface area contributed by atoms with Gasteiger partial charge in [-0.1, -0.05) is 12.1 Å². The Balaban J connectivity index is 0.000000461. The van der Waals surface area contributed by atoms with E-state index in [0.717, 1.165) is 16.9 Å². The zero-order chi connectivity index (χ0) is 22.2. The topological polar surface area (TPSA) is 26.5 Å². The van der Waals surface area contributed by atoms with E-state index in [2.05, 4.69) is 62.1 Å². The van der Waals surface area contributed by atoms with Gasteiger partial charge in [0.25, 0.3) is 16.9 Å². The number of benzene rings is 3. The second-order valence-electron chi connectivity index (χ2n) is 7.33. The van der Waals surface area contributed by atoms with Gasteiger partial charge >= 0.3 is 7.25 Å². The fraction of sp³-hybridized carbons (Fsp3) is 0.174. The molecule has 4 rings (SSSR count). The molecule has 0 fully saturated rings. The highest BCUT2D eigenvalue weighted by Gasteiger charge is 2.26. The van der Waals surface area contributed by atoms with Crippen molar-refractivity contribution >= 4 is 29.2 Å². The molecule has 0 aliphatic rings. The third-order valence-electron chi connectivity index (χ3n) is 4.76. The van der Waals surface area contributed by atoms with Crippen LogP contribution < -0.4 is 0 Å². The number of halogens is 4. The molecule has 0 saturated heterocycles. The van der Waals surface area contributed by atoms with E-state index in [1.54, 1.807) is 0 Å². The van der Waals surface area contributed by atoms with Crippen molar-refractivity contribution in [3.8, 4) is 11.8 Å². The van der Waals surface area contributed by atoms with Gasteiger partial charge in [-0.05, 0) is 69.2 Å². The fourth-order valence-electron chi connectivity index (χ4n) is 3.91. The van der Waals surface area contributed by atoms with Crippen LogP contribution in [0.5, 0.6) is 0 Å². The number of rotatable bonds is 1. The highest BCUT2D eigenvalue weighted by Crippen LogP contribution is 2.43. The quantitative estimate of drug-likeness (QED) is 0.179. The van der Waals surface area contributed by atoms with E-state index in [4.69, 9.17) is 0 Å². The molecule has 7 heteroatoms. The Kier molecular flexibility index (Phi) is 5.62. The molecular formula is C23H20BF4NO. The Labute approximate surface area is 172 Å². The van der Waals surface area contributed by atoms with E-state index in [1.165, 1.54) is 33.0 Å². The van der Waals surface area contributed by atoms with Crippen LogP contribution in [-0.4, -0.2) is 7.25 Å². The van der Waals surface area contributed by atoms with E-state index < -0.39 is 7.25 Å². The molecule has 0 N–H and O–H groups in total. The molecule has 0 saturated carbocycles. The summed E-state index contributed by atoms with van der Waals surface area (Å²) in [6, 6.07) is 19.0. The van der Waals surface area contributed by atoms with Crippen molar-refractivity contribution in [2.45, 2.75) is 27.7 Å². The summed E-state index contributed by atoms with van der Waals surface area (Å²) in [6.07, 6.45) is 0. The van der Waals surface area contributed by atoms with Crippen molar-refractivity contribution in [2.75, 3.05) is 0 Å². The predicted octanol–water partition coefficient (Wildman–Crippen LogP) is 7.67. The zero-order valence-corrected chi connectivity index (χ0v) is 17.1. The van der Waals surface area contributed by atoms with Gasteiger partial charge in [-0.2, -0.15) is 5.26 Å². The maximum absolute atomic E-state index is 9.75. The van der Waals surface area contributed by atoms with Gasteiger partial charge < -0.3 is 21.3 Å². The Hall–Kier alpha value is -3.27. The number of furan rings is 1. The van der Waals surface area contributed by atoms with E-state index in [-0.39, 0.29) is 0 Å². The summed E-state index contributed by atoms with van der Waals surface area (Å²) in [5, 5.41) is 12.1. The van der Waals surface area contributed by atoms with Crippen LogP contribution in [0.2, 0.25) is 0 Å². The van der Waals surface area contributed by atoms with Gasteiger partial charge in [0.1, 0.15) is 11.6 Å². The Morgan fingerprint density at radius 1 is 0.767 bits per heavy atom. The van der Waals surface area contributed by atoms with Crippen molar-refractivity contribution in [1.82, 2.24) is 0 Å². The van der Waals surface area contributed by atoms with Gasteiger partial charge in [-0.15, -0.1) is 0 Å². The van der Waals surface area contributed by atoms with Crippen LogP contribution in [0, 0.1) is 39.0 Å². The maximum Gasteiger partial charge on any atom is 0.673 e. The van der Waals surface area contributed by atoms with Gasteiger partial charge in [0.05, 0.1) is 10.8 Å². The number of hydrogen-bond donors (Lipinski definition) is 0. The summed E-state index contributed by atoms with van der Waals surface area (Å²) in [6.45, 7) is 8.53. The molecule has 0 radical (unpaired) electrons. The lowest BCUT2D eigenvalue weighted by Crippen LogP contribution is -2.02. The molecule has 4 aromatic rings. The molecule has 0 spiro atoms. The standard InChI is InChI=1S/C23H20NO.BF4/c1-14-9-16(3)22-19(11-14)20-12-15(2)10-17(4)23(20)25(22)21-8-6-5-7-18(21)13-24;2-1(3,4)5/h5-12H,1-4H3;/q+1;-1. The van der Waals surface area contributed by atoms with Gasteiger partial charge in [0.2, 0.25) is 0 Å². The second kappa shape index (κ2) is 7.87. The zero-order valence-electron chi connectivity index (χ0n) is 17.1. The first-order valence-electron chi connectivity index (χ1n) is 9.35. The average Bonchev–Trinajstić information content (AvgIpc) is 2.95. The molecule has 154 valence electrons. The van der Waals surface area contributed by atoms with Crippen LogP contribution in [-0.2, 0) is 0 Å². The first-order valence-corrected chi connectivity index (χ1v) is 9.35. The number of fused-ring (bicyclic) bond motifs is 3. The fourth-order valence-corrected chi connectivity index (χ4v) is 3.91. The van der Waals surface area contributed by atoms with Crippen LogP contribution >= 0.6 is 0 Å². The molecular weight excluding hydrogens is 393 g/mol. The Morgan fingerprint density at radius 2 is 1.20 bits per heavy atom. The molecule has 3 aromatic carbocycles. The summed E-state index contributed by atoms with van der Waals surface area (Å²) in [5.74, 6) is 0.865. The van der Waals surface area contributed by atoms with Crippen LogP contribution in [0.1, 0.15) is 27.8 Å². The molecule has 0 unspecified atom stereocenters. The number of para-hydroxylation sites is 1. The largest absolute Gasteiger partial charge is 0.673 e. The minimum atomic E-state index is -6.00. The van der Waals surface area contributed by atoms with Crippen molar-refractivity contribution in [1.29, 1.82) is 5.26 Å². The van der Waals surface area contributed by atoms with Gasteiger partial charge in [0.15, 0.2) is 0 Å². The molecule has 1 aromatic heterocycles. The molecule has 0 aliphatic heterocycles. The van der Waals surface area contributed by atoms with Crippen LogP contribution in [0.15, 0.2) is 52.6 Å². The number of nitrogens with zero attached hydrogens (tertiary/aromatic N) is 1. The normalized spacial score (nSPS) is 11.3. The first-order chi connectivity index (χ1) is 14.0. The lowest BCUT2D eigenvalue weighted by Gasteiger charge is -2.09. The van der Waals surface area contributed by atoms with Crippen LogP contribution in [0.3, 0.4) is 0 Å². The molecule has 1 heterocycles. The average molecular weight is 413 g/mol. The van der Waals surface area contributed by atoms with Crippen LogP contribution in [0.25, 0.3) is 27.7 Å². The van der Waals surface area contributed by atoms with Crippen molar-refractivity contribution in [3.05, 3.63) is 76.3 Å². The summed E-state index contributed by atoms with van der Waals surface area (Å²) < 4.78 is 42.3. The molecule has 0 aliphatic carbocycles. The second-order valence-corrected chi connectivity index (χ2v) is 7.33. The van der Waals surface area contributed by atoms with Crippen molar-refractivity contribution < 1.29 is 21.3 Å². The van der Waals surface area contributed by atoms with E-state index >= 15 is 0 Å². The lowest BCUT2D eigenvalue weighted by atomic mass is 10.0. The maximum atomic E-state index is 9.75. The summed E-state index contributed by atoms with van der Waals surface area (Å²) in [4.78, 5) is 0. The third kappa shape index (κ3) is 4.18. The summed E-state index contributed by atoms with van der Waals surface area (Å²) >= 11 is 0. The minimum Gasteiger partial charge on any atom is -0.497 e. The Morgan fingerprint density at radius 3 is 1.63 bits per heavy atom. The molecule has 0 bridgehead atoms. The van der Waals surface area contributed by atoms with Gasteiger partial charge in [-0.3, -0.25) is 0 Å². The smallest absolute Gasteiger partial charge is 0.497 e. The summed E-state index contributed by atoms with van der Waals surface area (Å²) in [5.41, 5.74) is 7.76. The van der Waals surface area contributed by atoms with E-state index in [0.29, 0.717) is 5.56 Å².